The number of nitrogens with one attached hydrogen (secondary N) is 1. The van der Waals surface area contributed by atoms with Gasteiger partial charge in [-0.3, -0.25) is 4.79 Å². The van der Waals surface area contributed by atoms with Crippen molar-refractivity contribution in [3.8, 4) is 0 Å². The van der Waals surface area contributed by atoms with Crippen LogP contribution in [-0.2, 0) is 14.3 Å². The Morgan fingerprint density at radius 1 is 0.395 bits per heavy atom. The number of aliphatic hydroxyl groups is 5. The lowest BCUT2D eigenvalue weighted by atomic mass is 9.99. The fourth-order valence-electron chi connectivity index (χ4n) is 12.5. The van der Waals surface area contributed by atoms with Crippen LogP contribution in [-0.4, -0.2) is 87.5 Å². The van der Waals surface area contributed by atoms with Gasteiger partial charge in [0.2, 0.25) is 5.91 Å². The molecule has 7 atom stereocenters. The summed E-state index contributed by atoms with van der Waals surface area (Å²) in [5.41, 5.74) is 0. The van der Waals surface area contributed by atoms with Gasteiger partial charge in [-0.2, -0.15) is 0 Å². The molecule has 0 aromatic rings. The van der Waals surface area contributed by atoms with Crippen molar-refractivity contribution in [2.75, 3.05) is 13.2 Å². The van der Waals surface area contributed by atoms with Gasteiger partial charge in [-0.15, -0.1) is 0 Å². The van der Waals surface area contributed by atoms with Crippen molar-refractivity contribution in [1.29, 1.82) is 0 Å². The highest BCUT2D eigenvalue weighted by atomic mass is 16.7. The van der Waals surface area contributed by atoms with E-state index in [1.54, 1.807) is 0 Å². The molecule has 9 heteroatoms. The van der Waals surface area contributed by atoms with Crippen LogP contribution in [0.3, 0.4) is 0 Å². The highest BCUT2D eigenvalue weighted by Crippen LogP contribution is 2.24. The molecule has 1 aliphatic rings. The molecule has 0 saturated carbocycles. The number of allylic oxidation sites excluding steroid dienone is 6. The largest absolute Gasteiger partial charge is 0.394 e. The molecule has 1 saturated heterocycles. The van der Waals surface area contributed by atoms with E-state index in [-0.39, 0.29) is 12.5 Å². The topological polar surface area (TPSA) is 149 Å². The second-order valence-electron chi connectivity index (χ2n) is 26.8. The summed E-state index contributed by atoms with van der Waals surface area (Å²) in [6.07, 6.45) is 82.4. The molecule has 1 amide bonds. The smallest absolute Gasteiger partial charge is 0.220 e. The third-order valence-corrected chi connectivity index (χ3v) is 18.5. The highest BCUT2D eigenvalue weighted by Gasteiger charge is 2.44. The van der Waals surface area contributed by atoms with Crippen molar-refractivity contribution in [3.05, 3.63) is 36.5 Å². The molecule has 86 heavy (non-hydrogen) atoms. The zero-order valence-electron chi connectivity index (χ0n) is 57.1. The summed E-state index contributed by atoms with van der Waals surface area (Å²) < 4.78 is 11.4. The molecule has 1 fully saturated rings. The first-order chi connectivity index (χ1) is 42.3. The molecule has 6 N–H and O–H groups in total. The van der Waals surface area contributed by atoms with Gasteiger partial charge in [0.1, 0.15) is 24.4 Å². The van der Waals surface area contributed by atoms with Gasteiger partial charge in [-0.25, -0.2) is 0 Å². The lowest BCUT2D eigenvalue weighted by molar-refractivity contribution is -0.302. The van der Waals surface area contributed by atoms with Gasteiger partial charge in [0.15, 0.2) is 6.29 Å². The summed E-state index contributed by atoms with van der Waals surface area (Å²) in [4.78, 5) is 13.2. The third kappa shape index (κ3) is 54.2. The Labute approximate surface area is 533 Å². The SMILES string of the molecule is CCCCCCC/C=C\C/C=C\C/C=C\CCCCCCCCCCCCCCCCCCCCCCCCC(=O)NC(COC1OC(CO)C(O)C(O)C1O)C(O)CCCCCCCCCCCCCCCCCCCCCCCCCCCC. The molecule has 0 aliphatic carbocycles. The number of amides is 1. The number of rotatable bonds is 68. The fraction of sp³-hybridized carbons (Fsp3) is 0.909. The first kappa shape index (κ1) is 82.4. The second-order valence-corrected chi connectivity index (χ2v) is 26.8. The average Bonchev–Trinajstić information content (AvgIpc) is 2.44. The van der Waals surface area contributed by atoms with E-state index in [9.17, 15) is 30.3 Å². The number of hydrogen-bond acceptors (Lipinski definition) is 8. The number of carbonyl (C=O) groups excluding carboxylic acids is 1. The van der Waals surface area contributed by atoms with Crippen molar-refractivity contribution in [2.45, 2.75) is 436 Å². The maximum atomic E-state index is 13.2. The molecule has 1 heterocycles. The van der Waals surface area contributed by atoms with Crippen molar-refractivity contribution in [3.63, 3.8) is 0 Å². The minimum atomic E-state index is -1.55. The molecule has 0 bridgehead atoms. The number of carbonyl (C=O) groups is 1. The number of aliphatic hydroxyl groups excluding tert-OH is 5. The first-order valence-electron chi connectivity index (χ1n) is 38.2. The average molecular weight is 1220 g/mol. The Morgan fingerprint density at radius 2 is 0.686 bits per heavy atom. The summed E-state index contributed by atoms with van der Waals surface area (Å²) in [7, 11) is 0. The summed E-state index contributed by atoms with van der Waals surface area (Å²) in [6.45, 7) is 3.89. The Balaban J connectivity index is 2.06. The number of unbranched alkanes of at least 4 members (excludes halogenated alkanes) is 52. The fourth-order valence-corrected chi connectivity index (χ4v) is 12.5. The van der Waals surface area contributed by atoms with Gasteiger partial charge in [0.25, 0.3) is 0 Å². The minimum Gasteiger partial charge on any atom is -0.394 e. The van der Waals surface area contributed by atoms with Crippen LogP contribution in [0.5, 0.6) is 0 Å². The van der Waals surface area contributed by atoms with Gasteiger partial charge in [0.05, 0.1) is 25.4 Å². The van der Waals surface area contributed by atoms with Crippen LogP contribution in [0.4, 0.5) is 0 Å². The second kappa shape index (κ2) is 66.3. The number of hydrogen-bond donors (Lipinski definition) is 6. The lowest BCUT2D eigenvalue weighted by Crippen LogP contribution is -2.60. The van der Waals surface area contributed by atoms with E-state index >= 15 is 0 Å². The highest BCUT2D eigenvalue weighted by molar-refractivity contribution is 5.76. The minimum absolute atomic E-state index is 0.133. The van der Waals surface area contributed by atoms with Crippen molar-refractivity contribution >= 4 is 5.91 Å². The van der Waals surface area contributed by atoms with Crippen LogP contribution in [0.1, 0.15) is 393 Å². The maximum absolute atomic E-state index is 13.2. The van der Waals surface area contributed by atoms with E-state index in [2.05, 4.69) is 55.6 Å². The Hall–Kier alpha value is -1.59. The van der Waals surface area contributed by atoms with Crippen LogP contribution in [0.2, 0.25) is 0 Å². The molecular weight excluding hydrogens is 1070 g/mol. The summed E-state index contributed by atoms with van der Waals surface area (Å²) >= 11 is 0. The van der Waals surface area contributed by atoms with Gasteiger partial charge in [0, 0.05) is 6.42 Å². The Kier molecular flexibility index (Phi) is 63.6. The van der Waals surface area contributed by atoms with Crippen LogP contribution in [0.15, 0.2) is 36.5 Å². The quantitative estimate of drug-likeness (QED) is 0.0261. The summed E-state index contributed by atoms with van der Waals surface area (Å²) in [6, 6.07) is -0.719. The molecular formula is C77H147NO8. The predicted molar refractivity (Wildman–Crippen MR) is 369 cm³/mol. The molecule has 0 aromatic heterocycles. The van der Waals surface area contributed by atoms with Crippen LogP contribution in [0, 0.1) is 0 Å². The van der Waals surface area contributed by atoms with Gasteiger partial charge >= 0.3 is 0 Å². The Bertz CT molecular complexity index is 1450. The van der Waals surface area contributed by atoms with Crippen LogP contribution >= 0.6 is 0 Å². The standard InChI is InChI=1S/C77H147NO8/c1-3-5-7-9-11-13-15-17-19-21-23-25-27-29-31-32-33-34-35-36-37-38-39-40-41-43-45-47-49-51-53-55-57-59-61-63-65-67-73(81)78-70(69-85-77-76(84)75(83)74(82)72(68-79)86-77)71(80)66-64-62-60-58-56-54-52-50-48-46-44-42-30-28-26-24-22-20-18-16-14-12-10-8-6-4-2/h15,17,21,23,27,29,70-72,74-77,79-80,82-84H,3-14,16,18-20,22,24-26,28,30-69H2,1-2H3,(H,78,81)/b17-15-,23-21-,29-27-. The van der Waals surface area contributed by atoms with Gasteiger partial charge in [-0.05, 0) is 51.4 Å². The van der Waals surface area contributed by atoms with E-state index < -0.39 is 49.5 Å². The van der Waals surface area contributed by atoms with Crippen molar-refractivity contribution in [2.24, 2.45) is 0 Å². The van der Waals surface area contributed by atoms with Gasteiger partial charge < -0.3 is 40.3 Å². The molecule has 0 aromatic carbocycles. The molecule has 0 radical (unpaired) electrons. The number of ether oxygens (including phenoxy) is 2. The first-order valence-corrected chi connectivity index (χ1v) is 38.2. The molecule has 7 unspecified atom stereocenters. The van der Waals surface area contributed by atoms with E-state index in [0.29, 0.717) is 12.8 Å². The van der Waals surface area contributed by atoms with Crippen molar-refractivity contribution in [1.82, 2.24) is 5.32 Å². The van der Waals surface area contributed by atoms with Crippen molar-refractivity contribution < 1.29 is 39.8 Å². The summed E-state index contributed by atoms with van der Waals surface area (Å²) in [5.74, 6) is -0.135. The molecule has 9 nitrogen and oxygen atoms in total. The third-order valence-electron chi connectivity index (χ3n) is 18.5. The molecule has 1 rings (SSSR count). The predicted octanol–water partition coefficient (Wildman–Crippen LogP) is 21.4. The zero-order chi connectivity index (χ0) is 62.1. The van der Waals surface area contributed by atoms with Crippen LogP contribution in [0.25, 0.3) is 0 Å². The van der Waals surface area contributed by atoms with E-state index in [1.807, 2.05) is 0 Å². The maximum Gasteiger partial charge on any atom is 0.220 e. The normalized spacial score (nSPS) is 18.2. The molecule has 508 valence electrons. The monoisotopic (exact) mass is 1210 g/mol. The van der Waals surface area contributed by atoms with E-state index in [0.717, 1.165) is 51.4 Å². The van der Waals surface area contributed by atoms with Crippen LogP contribution < -0.4 is 5.32 Å². The summed E-state index contributed by atoms with van der Waals surface area (Å²) in [5, 5.41) is 55.0. The zero-order valence-corrected chi connectivity index (χ0v) is 57.1. The Morgan fingerprint density at radius 3 is 1.01 bits per heavy atom. The molecule has 1 aliphatic heterocycles. The molecule has 0 spiro atoms. The lowest BCUT2D eigenvalue weighted by Gasteiger charge is -2.40. The van der Waals surface area contributed by atoms with E-state index in [4.69, 9.17) is 9.47 Å². The van der Waals surface area contributed by atoms with E-state index in [1.165, 1.54) is 315 Å². The van der Waals surface area contributed by atoms with Gasteiger partial charge in [-0.1, -0.05) is 371 Å².